The van der Waals surface area contributed by atoms with E-state index >= 15 is 0 Å². The average Bonchev–Trinajstić information content (AvgIpc) is 2.46. The van der Waals surface area contributed by atoms with Gasteiger partial charge in [0.15, 0.2) is 0 Å². The molecule has 2 rings (SSSR count). The van der Waals surface area contributed by atoms with Crippen LogP contribution in [0, 0.1) is 0 Å². The fourth-order valence-electron chi connectivity index (χ4n) is 2.19. The fourth-order valence-corrected chi connectivity index (χ4v) is 3.02. The van der Waals surface area contributed by atoms with Crippen LogP contribution in [0.2, 0.25) is 0 Å². The average molecular weight is 312 g/mol. The summed E-state index contributed by atoms with van der Waals surface area (Å²) in [5.41, 5.74) is 1.38. The molecule has 8 heteroatoms. The normalized spacial score (nSPS) is 16.8. The third kappa shape index (κ3) is 3.70. The monoisotopic (exact) mass is 312 g/mol. The lowest BCUT2D eigenvalue weighted by Crippen LogP contribution is -2.50. The summed E-state index contributed by atoms with van der Waals surface area (Å²) >= 11 is 0. The zero-order valence-corrected chi connectivity index (χ0v) is 13.3. The first-order valence-corrected chi connectivity index (χ1v) is 8.50. The van der Waals surface area contributed by atoms with Crippen LogP contribution in [0.15, 0.2) is 18.5 Å². The summed E-state index contributed by atoms with van der Waals surface area (Å²) < 4.78 is 24.3. The molecule has 2 heterocycles. The molecule has 0 aliphatic carbocycles. The van der Waals surface area contributed by atoms with E-state index in [1.807, 2.05) is 19.0 Å². The van der Waals surface area contributed by atoms with Gasteiger partial charge in [-0.15, -0.1) is 0 Å². The smallest absolute Gasteiger partial charge is 0.255 e. The van der Waals surface area contributed by atoms with Crippen molar-refractivity contribution in [2.24, 2.45) is 0 Å². The number of nitrogens with zero attached hydrogens (tertiary/aromatic N) is 4. The first-order valence-electron chi connectivity index (χ1n) is 6.66. The number of rotatable bonds is 3. The minimum atomic E-state index is -3.18. The molecule has 0 radical (unpaired) electrons. The lowest BCUT2D eigenvalue weighted by molar-refractivity contribution is 0.0698. The second-order valence-corrected chi connectivity index (χ2v) is 7.26. The summed E-state index contributed by atoms with van der Waals surface area (Å²) in [5.74, 6) is -0.112. The van der Waals surface area contributed by atoms with E-state index in [1.165, 1.54) is 16.8 Å². The SMILES string of the molecule is CN(C)c1cncc(C(=O)N2CCN(S(C)(=O)=O)CC2)c1. The van der Waals surface area contributed by atoms with Crippen molar-refractivity contribution in [2.45, 2.75) is 0 Å². The van der Waals surface area contributed by atoms with Crippen LogP contribution in [0.5, 0.6) is 0 Å². The van der Waals surface area contributed by atoms with Crippen molar-refractivity contribution in [3.63, 3.8) is 0 Å². The molecule has 0 N–H and O–H groups in total. The van der Waals surface area contributed by atoms with Gasteiger partial charge in [0.25, 0.3) is 5.91 Å². The Kier molecular flexibility index (Phi) is 4.48. The second kappa shape index (κ2) is 5.98. The minimum Gasteiger partial charge on any atom is -0.376 e. The lowest BCUT2D eigenvalue weighted by Gasteiger charge is -2.33. The third-order valence-corrected chi connectivity index (χ3v) is 4.79. The molecule has 1 aliphatic rings. The van der Waals surface area contributed by atoms with Crippen LogP contribution in [0.1, 0.15) is 10.4 Å². The molecule has 1 aromatic heterocycles. The van der Waals surface area contributed by atoms with Crippen LogP contribution in [-0.2, 0) is 10.0 Å². The molecule has 0 spiro atoms. The zero-order valence-electron chi connectivity index (χ0n) is 12.5. The summed E-state index contributed by atoms with van der Waals surface area (Å²) in [6.07, 6.45) is 4.42. The molecule has 7 nitrogen and oxygen atoms in total. The first-order chi connectivity index (χ1) is 9.79. The molecular weight excluding hydrogens is 292 g/mol. The van der Waals surface area contributed by atoms with E-state index in [-0.39, 0.29) is 5.91 Å². The Morgan fingerprint density at radius 2 is 1.81 bits per heavy atom. The quantitative estimate of drug-likeness (QED) is 0.777. The van der Waals surface area contributed by atoms with Gasteiger partial charge < -0.3 is 9.80 Å². The van der Waals surface area contributed by atoms with Crippen LogP contribution >= 0.6 is 0 Å². The van der Waals surface area contributed by atoms with Gasteiger partial charge in [0.05, 0.1) is 23.7 Å². The van der Waals surface area contributed by atoms with Crippen LogP contribution in [0.25, 0.3) is 0 Å². The highest BCUT2D eigenvalue weighted by molar-refractivity contribution is 7.88. The maximum absolute atomic E-state index is 12.4. The summed E-state index contributed by atoms with van der Waals surface area (Å²) in [6.45, 7) is 1.48. The number of pyridine rings is 1. The molecule has 0 aromatic carbocycles. The van der Waals surface area contributed by atoms with Gasteiger partial charge in [-0.1, -0.05) is 0 Å². The van der Waals surface area contributed by atoms with E-state index in [2.05, 4.69) is 4.98 Å². The van der Waals surface area contributed by atoms with Gasteiger partial charge in [0.2, 0.25) is 10.0 Å². The summed E-state index contributed by atoms with van der Waals surface area (Å²) in [5, 5.41) is 0. The Balaban J connectivity index is 2.07. The molecule has 0 bridgehead atoms. The molecule has 1 aromatic rings. The summed E-state index contributed by atoms with van der Waals surface area (Å²) in [7, 11) is 0.589. The molecule has 0 saturated carbocycles. The van der Waals surface area contributed by atoms with Gasteiger partial charge in [-0.25, -0.2) is 8.42 Å². The number of hydrogen-bond acceptors (Lipinski definition) is 5. The summed E-state index contributed by atoms with van der Waals surface area (Å²) in [4.78, 5) is 20.1. The van der Waals surface area contributed by atoms with E-state index < -0.39 is 10.0 Å². The number of hydrogen-bond donors (Lipinski definition) is 0. The Labute approximate surface area is 125 Å². The number of amides is 1. The highest BCUT2D eigenvalue weighted by Gasteiger charge is 2.26. The van der Waals surface area contributed by atoms with Gasteiger partial charge in [0, 0.05) is 46.5 Å². The Hall–Kier alpha value is -1.67. The van der Waals surface area contributed by atoms with Gasteiger partial charge in [-0.3, -0.25) is 9.78 Å². The molecule has 1 saturated heterocycles. The molecule has 116 valence electrons. The Morgan fingerprint density at radius 1 is 1.19 bits per heavy atom. The topological polar surface area (TPSA) is 73.8 Å². The van der Waals surface area contributed by atoms with Gasteiger partial charge >= 0.3 is 0 Å². The van der Waals surface area contributed by atoms with Crippen LogP contribution in [0.4, 0.5) is 5.69 Å². The highest BCUT2D eigenvalue weighted by Crippen LogP contribution is 2.15. The van der Waals surface area contributed by atoms with Crippen LogP contribution < -0.4 is 4.90 Å². The number of carbonyl (C=O) groups excluding carboxylic acids is 1. The van der Waals surface area contributed by atoms with Crippen molar-refractivity contribution in [1.29, 1.82) is 0 Å². The molecule has 1 aliphatic heterocycles. The number of carbonyl (C=O) groups is 1. The fraction of sp³-hybridized carbons (Fsp3) is 0.538. The van der Waals surface area contributed by atoms with E-state index in [0.29, 0.717) is 31.7 Å². The molecule has 1 fully saturated rings. The van der Waals surface area contributed by atoms with Gasteiger partial charge in [-0.2, -0.15) is 4.31 Å². The second-order valence-electron chi connectivity index (χ2n) is 5.28. The van der Waals surface area contributed by atoms with Crippen LogP contribution in [-0.4, -0.2) is 75.0 Å². The third-order valence-electron chi connectivity index (χ3n) is 3.48. The molecule has 1 amide bonds. The van der Waals surface area contributed by atoms with Crippen molar-refractivity contribution in [2.75, 3.05) is 51.4 Å². The van der Waals surface area contributed by atoms with Gasteiger partial charge in [-0.05, 0) is 6.07 Å². The van der Waals surface area contributed by atoms with E-state index in [4.69, 9.17) is 0 Å². The van der Waals surface area contributed by atoms with Crippen LogP contribution in [0.3, 0.4) is 0 Å². The zero-order chi connectivity index (χ0) is 15.6. The Bertz CT molecular complexity index is 622. The molecule has 0 unspecified atom stereocenters. The van der Waals surface area contributed by atoms with E-state index in [0.717, 1.165) is 5.69 Å². The predicted molar refractivity (Wildman–Crippen MR) is 80.9 cm³/mol. The van der Waals surface area contributed by atoms with E-state index in [9.17, 15) is 13.2 Å². The molecule has 0 atom stereocenters. The maximum Gasteiger partial charge on any atom is 0.255 e. The lowest BCUT2D eigenvalue weighted by atomic mass is 10.2. The van der Waals surface area contributed by atoms with Crippen molar-refractivity contribution in [3.05, 3.63) is 24.0 Å². The number of aromatic nitrogens is 1. The standard InChI is InChI=1S/C13H20N4O3S/c1-15(2)12-8-11(9-14-10-12)13(18)16-4-6-17(7-5-16)21(3,19)20/h8-10H,4-7H2,1-3H3. The number of sulfonamides is 1. The van der Waals surface area contributed by atoms with Crippen molar-refractivity contribution >= 4 is 21.6 Å². The molecule has 21 heavy (non-hydrogen) atoms. The highest BCUT2D eigenvalue weighted by atomic mass is 32.2. The number of anilines is 1. The Morgan fingerprint density at radius 3 is 2.33 bits per heavy atom. The first kappa shape index (κ1) is 15.7. The largest absolute Gasteiger partial charge is 0.376 e. The van der Waals surface area contributed by atoms with E-state index in [1.54, 1.807) is 17.2 Å². The maximum atomic E-state index is 12.4. The van der Waals surface area contributed by atoms with Crippen molar-refractivity contribution in [3.8, 4) is 0 Å². The molecular formula is C13H20N4O3S. The minimum absolute atomic E-state index is 0.112. The number of piperazine rings is 1. The van der Waals surface area contributed by atoms with Crippen molar-refractivity contribution in [1.82, 2.24) is 14.2 Å². The van der Waals surface area contributed by atoms with Gasteiger partial charge in [0.1, 0.15) is 0 Å². The van der Waals surface area contributed by atoms with Crippen molar-refractivity contribution < 1.29 is 13.2 Å². The summed E-state index contributed by atoms with van der Waals surface area (Å²) in [6, 6.07) is 1.79. The predicted octanol–water partition coefficient (Wildman–Crippen LogP) is -0.135.